The van der Waals surface area contributed by atoms with Crippen molar-refractivity contribution in [2.24, 2.45) is 11.8 Å². The third kappa shape index (κ3) is 4.15. The number of thiophene rings is 1. The molecule has 0 bridgehead atoms. The second-order valence-electron chi connectivity index (χ2n) is 10.4. The molecule has 32 heavy (non-hydrogen) atoms. The molecule has 1 amide bonds. The van der Waals surface area contributed by atoms with Gasteiger partial charge in [0, 0.05) is 42.9 Å². The number of nitrogens with zero attached hydrogens (tertiary/aromatic N) is 4. The van der Waals surface area contributed by atoms with E-state index in [1.54, 1.807) is 0 Å². The van der Waals surface area contributed by atoms with Crippen molar-refractivity contribution in [3.63, 3.8) is 0 Å². The summed E-state index contributed by atoms with van der Waals surface area (Å²) in [5.74, 6) is 3.92. The molecule has 2 aromatic heterocycles. The average Bonchev–Trinajstić information content (AvgIpc) is 3.20. The molecule has 2 fully saturated rings. The third-order valence-electron chi connectivity index (χ3n) is 8.05. The molecule has 3 heterocycles. The molecule has 3 aliphatic rings. The monoisotopic (exact) mass is 454 g/mol. The van der Waals surface area contributed by atoms with Crippen LogP contribution in [0.25, 0.3) is 10.2 Å². The van der Waals surface area contributed by atoms with Gasteiger partial charge in [0.05, 0.1) is 5.39 Å². The molecular weight excluding hydrogens is 416 g/mol. The van der Waals surface area contributed by atoms with Crippen molar-refractivity contribution in [1.82, 2.24) is 14.9 Å². The van der Waals surface area contributed by atoms with E-state index in [0.29, 0.717) is 11.8 Å². The minimum atomic E-state index is 0.268. The maximum absolute atomic E-state index is 13.1. The normalized spacial score (nSPS) is 23.4. The van der Waals surface area contributed by atoms with Crippen LogP contribution >= 0.6 is 11.3 Å². The summed E-state index contributed by atoms with van der Waals surface area (Å²) in [4.78, 5) is 30.6. The summed E-state index contributed by atoms with van der Waals surface area (Å²) in [6.07, 6.45) is 10.5. The van der Waals surface area contributed by atoms with Crippen LogP contribution in [-0.4, -0.2) is 47.0 Å². The molecule has 0 aromatic carbocycles. The molecule has 0 radical (unpaired) electrons. The molecule has 2 aromatic rings. The molecular formula is C26H38N4OS. The quantitative estimate of drug-likeness (QED) is 0.607. The Bertz CT molecular complexity index is 972. The Morgan fingerprint density at radius 1 is 1.09 bits per heavy atom. The second-order valence-corrected chi connectivity index (χ2v) is 11.5. The van der Waals surface area contributed by atoms with Crippen LogP contribution in [0.3, 0.4) is 0 Å². The molecule has 0 N–H and O–H groups in total. The molecule has 6 heteroatoms. The zero-order valence-corrected chi connectivity index (χ0v) is 20.8. The molecule has 174 valence electrons. The van der Waals surface area contributed by atoms with Crippen molar-refractivity contribution in [3.05, 3.63) is 16.3 Å². The zero-order chi connectivity index (χ0) is 22.2. The highest BCUT2D eigenvalue weighted by molar-refractivity contribution is 7.19. The summed E-state index contributed by atoms with van der Waals surface area (Å²) >= 11 is 1.91. The first-order valence-corrected chi connectivity index (χ1v) is 13.7. The van der Waals surface area contributed by atoms with Gasteiger partial charge in [0.2, 0.25) is 5.91 Å². The van der Waals surface area contributed by atoms with E-state index in [9.17, 15) is 4.79 Å². The number of carbonyl (C=O) groups is 1. The van der Waals surface area contributed by atoms with E-state index in [4.69, 9.17) is 9.97 Å². The molecule has 1 saturated heterocycles. The number of anilines is 1. The Balaban J connectivity index is 1.42. The minimum absolute atomic E-state index is 0.268. The summed E-state index contributed by atoms with van der Waals surface area (Å²) in [7, 11) is 0. The Kier molecular flexibility index (Phi) is 6.42. The van der Waals surface area contributed by atoms with Crippen LogP contribution < -0.4 is 4.90 Å². The van der Waals surface area contributed by atoms with Crippen LogP contribution in [0.4, 0.5) is 5.82 Å². The van der Waals surface area contributed by atoms with Crippen molar-refractivity contribution < 1.29 is 4.79 Å². The fourth-order valence-electron chi connectivity index (χ4n) is 5.72. The minimum Gasteiger partial charge on any atom is -0.352 e. The first-order chi connectivity index (χ1) is 15.5. The van der Waals surface area contributed by atoms with Crippen LogP contribution in [0.2, 0.25) is 0 Å². The molecule has 0 spiro atoms. The van der Waals surface area contributed by atoms with Crippen LogP contribution in [-0.2, 0) is 17.6 Å². The number of fused-ring (bicyclic) bond motifs is 3. The van der Waals surface area contributed by atoms with Gasteiger partial charge in [0.25, 0.3) is 0 Å². The van der Waals surface area contributed by atoms with Crippen LogP contribution in [0, 0.1) is 11.8 Å². The van der Waals surface area contributed by atoms with Crippen LogP contribution in [0.15, 0.2) is 0 Å². The predicted molar refractivity (Wildman–Crippen MR) is 133 cm³/mol. The number of hydrogen-bond acceptors (Lipinski definition) is 5. The number of aromatic nitrogens is 2. The highest BCUT2D eigenvalue weighted by Gasteiger charge is 2.31. The lowest BCUT2D eigenvalue weighted by atomic mass is 9.88. The maximum atomic E-state index is 13.1. The standard InChI is InChI=1S/C26H38N4OS/c1-4-18(3)23-27-24(22-20-11-10-17(2)16-21(20)32-25(22)28-23)29-12-14-30(15-13-29)26(31)19-8-6-5-7-9-19/h17-19H,4-16H2,1-3H3/t17-,18+/m1/s1. The van der Waals surface area contributed by atoms with Crippen molar-refractivity contribution in [3.8, 4) is 0 Å². The number of hydrogen-bond donors (Lipinski definition) is 0. The number of carbonyl (C=O) groups excluding carboxylic acids is 1. The van der Waals surface area contributed by atoms with Gasteiger partial charge in [-0.3, -0.25) is 4.79 Å². The van der Waals surface area contributed by atoms with Gasteiger partial charge in [0.15, 0.2) is 0 Å². The van der Waals surface area contributed by atoms with E-state index in [-0.39, 0.29) is 5.92 Å². The molecule has 0 unspecified atom stereocenters. The number of piperazine rings is 1. The lowest BCUT2D eigenvalue weighted by molar-refractivity contribution is -0.136. The third-order valence-corrected chi connectivity index (χ3v) is 9.20. The number of rotatable bonds is 4. The van der Waals surface area contributed by atoms with Crippen molar-refractivity contribution >= 4 is 33.3 Å². The van der Waals surface area contributed by atoms with Gasteiger partial charge >= 0.3 is 0 Å². The Morgan fingerprint density at radius 3 is 2.56 bits per heavy atom. The van der Waals surface area contributed by atoms with Gasteiger partial charge < -0.3 is 9.80 Å². The maximum Gasteiger partial charge on any atom is 0.225 e. The summed E-state index contributed by atoms with van der Waals surface area (Å²) in [5, 5.41) is 1.32. The van der Waals surface area contributed by atoms with Gasteiger partial charge in [-0.25, -0.2) is 9.97 Å². The van der Waals surface area contributed by atoms with E-state index < -0.39 is 0 Å². The predicted octanol–water partition coefficient (Wildman–Crippen LogP) is 5.56. The van der Waals surface area contributed by atoms with E-state index in [2.05, 4.69) is 30.6 Å². The fourth-order valence-corrected chi connectivity index (χ4v) is 7.10. The zero-order valence-electron chi connectivity index (χ0n) is 20.0. The number of amides is 1. The van der Waals surface area contributed by atoms with E-state index in [0.717, 1.165) is 69.4 Å². The number of aryl methyl sites for hydroxylation is 1. The summed E-state index contributed by atoms with van der Waals surface area (Å²) in [6, 6.07) is 0. The van der Waals surface area contributed by atoms with Crippen molar-refractivity contribution in [2.75, 3.05) is 31.1 Å². The van der Waals surface area contributed by atoms with Crippen molar-refractivity contribution in [2.45, 2.75) is 84.5 Å². The summed E-state index contributed by atoms with van der Waals surface area (Å²) < 4.78 is 0. The molecule has 5 rings (SSSR count). The van der Waals surface area contributed by atoms with Gasteiger partial charge in [-0.15, -0.1) is 11.3 Å². The Hall–Kier alpha value is -1.69. The largest absolute Gasteiger partial charge is 0.352 e. The second kappa shape index (κ2) is 9.28. The SMILES string of the molecule is CC[C@H](C)c1nc(N2CCN(C(=O)C3CCCCC3)CC2)c2c3c(sc2n1)C[C@H](C)CC3. The smallest absolute Gasteiger partial charge is 0.225 e. The lowest BCUT2D eigenvalue weighted by Crippen LogP contribution is -2.51. The van der Waals surface area contributed by atoms with Crippen LogP contribution in [0.1, 0.15) is 87.9 Å². The van der Waals surface area contributed by atoms with Gasteiger partial charge in [0.1, 0.15) is 16.5 Å². The lowest BCUT2D eigenvalue weighted by Gasteiger charge is -2.38. The van der Waals surface area contributed by atoms with E-state index in [1.807, 2.05) is 11.3 Å². The molecule has 2 atom stereocenters. The fraction of sp³-hybridized carbons (Fsp3) is 0.731. The highest BCUT2D eigenvalue weighted by atomic mass is 32.1. The van der Waals surface area contributed by atoms with Crippen molar-refractivity contribution in [1.29, 1.82) is 0 Å². The average molecular weight is 455 g/mol. The first-order valence-electron chi connectivity index (χ1n) is 12.9. The highest BCUT2D eigenvalue weighted by Crippen LogP contribution is 2.42. The Morgan fingerprint density at radius 2 is 1.84 bits per heavy atom. The van der Waals surface area contributed by atoms with Gasteiger partial charge in [-0.05, 0) is 50.0 Å². The molecule has 1 aliphatic heterocycles. The molecule has 2 aliphatic carbocycles. The van der Waals surface area contributed by atoms with E-state index in [1.165, 1.54) is 52.8 Å². The first kappa shape index (κ1) is 22.1. The van der Waals surface area contributed by atoms with Gasteiger partial charge in [-0.1, -0.05) is 40.0 Å². The molecule has 5 nitrogen and oxygen atoms in total. The summed E-state index contributed by atoms with van der Waals surface area (Å²) in [6.45, 7) is 10.2. The van der Waals surface area contributed by atoms with E-state index >= 15 is 0 Å². The topological polar surface area (TPSA) is 49.3 Å². The van der Waals surface area contributed by atoms with Gasteiger partial charge in [-0.2, -0.15) is 0 Å². The van der Waals surface area contributed by atoms with Crippen LogP contribution in [0.5, 0.6) is 0 Å². The molecule has 1 saturated carbocycles. The Labute approximate surface area is 196 Å². The summed E-state index contributed by atoms with van der Waals surface area (Å²) in [5.41, 5.74) is 1.51.